The number of carbonyl (C=O) groups excluding carboxylic acids is 2. The Morgan fingerprint density at radius 1 is 1.16 bits per heavy atom. The summed E-state index contributed by atoms with van der Waals surface area (Å²) in [6.07, 6.45) is 3.61. The standard InChI is InChI=1S/C27H29FN6O4/c1-32-22-12-20(33-10-8-27(9-11-33)15-37-16-27)6-7-23(22)38-14-21(26(32)36)30-25(35)24-29-17-34(31-24)13-18-2-4-19(28)5-3-18/h2-7,12,17,21H,8-11,13-16H2,1H3,(H,30,35)/t21-/m1/s1. The van der Waals surface area contributed by atoms with Crippen molar-refractivity contribution in [2.45, 2.75) is 25.4 Å². The summed E-state index contributed by atoms with van der Waals surface area (Å²) in [5.41, 5.74) is 2.86. The molecule has 2 saturated heterocycles. The number of carbonyl (C=O) groups is 2. The van der Waals surface area contributed by atoms with Crippen LogP contribution in [0.25, 0.3) is 0 Å². The topological polar surface area (TPSA) is 102 Å². The maximum absolute atomic E-state index is 13.3. The van der Waals surface area contributed by atoms with Crippen molar-refractivity contribution in [3.05, 3.63) is 66.0 Å². The predicted molar refractivity (Wildman–Crippen MR) is 137 cm³/mol. The van der Waals surface area contributed by atoms with Crippen LogP contribution in [0.4, 0.5) is 15.8 Å². The fourth-order valence-electron chi connectivity index (χ4n) is 5.18. The van der Waals surface area contributed by atoms with Gasteiger partial charge in [0.1, 0.15) is 30.5 Å². The number of aromatic nitrogens is 3. The lowest BCUT2D eigenvalue weighted by molar-refractivity contribution is -0.124. The van der Waals surface area contributed by atoms with Crippen LogP contribution in [0, 0.1) is 11.2 Å². The van der Waals surface area contributed by atoms with Gasteiger partial charge in [-0.3, -0.25) is 9.59 Å². The molecule has 1 atom stereocenters. The van der Waals surface area contributed by atoms with Crippen molar-refractivity contribution in [2.75, 3.05) is 49.8 Å². The Hall–Kier alpha value is -3.99. The molecule has 2 fully saturated rings. The van der Waals surface area contributed by atoms with Crippen molar-refractivity contribution >= 4 is 23.2 Å². The average Bonchev–Trinajstić information content (AvgIpc) is 3.35. The van der Waals surface area contributed by atoms with Gasteiger partial charge in [-0.1, -0.05) is 12.1 Å². The Bertz CT molecular complexity index is 1350. The smallest absolute Gasteiger partial charge is 0.291 e. The van der Waals surface area contributed by atoms with Crippen molar-refractivity contribution in [1.82, 2.24) is 20.1 Å². The van der Waals surface area contributed by atoms with E-state index in [1.807, 2.05) is 18.2 Å². The van der Waals surface area contributed by atoms with E-state index in [9.17, 15) is 14.0 Å². The molecule has 0 saturated carbocycles. The molecule has 1 N–H and O–H groups in total. The van der Waals surface area contributed by atoms with Crippen LogP contribution in [0.1, 0.15) is 29.0 Å². The minimum absolute atomic E-state index is 0.0101. The Morgan fingerprint density at radius 3 is 2.63 bits per heavy atom. The lowest BCUT2D eigenvalue weighted by atomic mass is 9.77. The molecule has 0 unspecified atom stereocenters. The van der Waals surface area contributed by atoms with E-state index in [1.54, 1.807) is 19.2 Å². The molecular weight excluding hydrogens is 491 g/mol. The molecule has 3 aromatic rings. The number of benzene rings is 2. The van der Waals surface area contributed by atoms with E-state index in [0.717, 1.165) is 50.4 Å². The minimum Gasteiger partial charge on any atom is -0.489 e. The normalized spacial score (nSPS) is 20.4. The minimum atomic E-state index is -0.902. The number of amides is 2. The lowest BCUT2D eigenvalue weighted by Crippen LogP contribution is -2.51. The van der Waals surface area contributed by atoms with E-state index < -0.39 is 11.9 Å². The third-order valence-corrected chi connectivity index (χ3v) is 7.65. The zero-order valence-corrected chi connectivity index (χ0v) is 21.1. The third-order valence-electron chi connectivity index (χ3n) is 7.65. The van der Waals surface area contributed by atoms with E-state index in [-0.39, 0.29) is 24.2 Å². The van der Waals surface area contributed by atoms with Gasteiger partial charge in [0.05, 0.1) is 25.4 Å². The van der Waals surface area contributed by atoms with E-state index in [0.29, 0.717) is 23.4 Å². The summed E-state index contributed by atoms with van der Waals surface area (Å²) in [4.78, 5) is 34.1. The number of nitrogens with one attached hydrogen (secondary N) is 1. The highest BCUT2D eigenvalue weighted by Crippen LogP contribution is 2.41. The van der Waals surface area contributed by atoms with Crippen LogP contribution in [-0.4, -0.2) is 72.6 Å². The monoisotopic (exact) mass is 520 g/mol. The van der Waals surface area contributed by atoms with Crippen molar-refractivity contribution in [3.8, 4) is 5.75 Å². The second-order valence-electron chi connectivity index (χ2n) is 10.3. The van der Waals surface area contributed by atoms with Crippen LogP contribution in [0.2, 0.25) is 0 Å². The number of piperidine rings is 1. The largest absolute Gasteiger partial charge is 0.489 e. The fraction of sp³-hybridized carbons (Fsp3) is 0.407. The Morgan fingerprint density at radius 2 is 1.92 bits per heavy atom. The molecule has 4 heterocycles. The van der Waals surface area contributed by atoms with E-state index >= 15 is 0 Å². The molecule has 11 heteroatoms. The van der Waals surface area contributed by atoms with Gasteiger partial charge in [0.25, 0.3) is 11.8 Å². The van der Waals surface area contributed by atoms with Crippen molar-refractivity contribution < 1.29 is 23.5 Å². The number of rotatable bonds is 5. The summed E-state index contributed by atoms with van der Waals surface area (Å²) >= 11 is 0. The third kappa shape index (κ3) is 4.69. The second-order valence-corrected chi connectivity index (χ2v) is 10.3. The second kappa shape index (κ2) is 9.71. The molecule has 0 bridgehead atoms. The average molecular weight is 521 g/mol. The van der Waals surface area contributed by atoms with Gasteiger partial charge in [-0.15, -0.1) is 5.10 Å². The van der Waals surface area contributed by atoms with Gasteiger partial charge in [0.2, 0.25) is 5.82 Å². The predicted octanol–water partition coefficient (Wildman–Crippen LogP) is 2.24. The summed E-state index contributed by atoms with van der Waals surface area (Å²) < 4.78 is 26.0. The van der Waals surface area contributed by atoms with Gasteiger partial charge < -0.3 is 24.6 Å². The van der Waals surface area contributed by atoms with Gasteiger partial charge in [-0.25, -0.2) is 14.1 Å². The van der Waals surface area contributed by atoms with Crippen molar-refractivity contribution in [2.24, 2.45) is 5.41 Å². The SMILES string of the molecule is CN1C(=O)[C@H](NC(=O)c2ncn(Cc3ccc(F)cc3)n2)COc2ccc(N3CCC4(CC3)COC4)cc21. The number of nitrogens with zero attached hydrogens (tertiary/aromatic N) is 5. The Balaban J connectivity index is 1.11. The molecule has 1 aromatic heterocycles. The fourth-order valence-corrected chi connectivity index (χ4v) is 5.18. The first-order valence-corrected chi connectivity index (χ1v) is 12.7. The molecule has 3 aliphatic heterocycles. The van der Waals surface area contributed by atoms with Crippen LogP contribution >= 0.6 is 0 Å². The number of hydrogen-bond donors (Lipinski definition) is 1. The quantitative estimate of drug-likeness (QED) is 0.551. The lowest BCUT2D eigenvalue weighted by Gasteiger charge is -2.47. The molecule has 1 spiro atoms. The Labute approximate surface area is 219 Å². The maximum atomic E-state index is 13.3. The van der Waals surface area contributed by atoms with Crippen LogP contribution in [0.3, 0.4) is 0 Å². The van der Waals surface area contributed by atoms with Crippen molar-refractivity contribution in [1.29, 1.82) is 0 Å². The van der Waals surface area contributed by atoms with Crippen LogP contribution in [0.5, 0.6) is 5.75 Å². The van der Waals surface area contributed by atoms with E-state index in [2.05, 4.69) is 20.3 Å². The molecule has 0 aliphatic carbocycles. The van der Waals surface area contributed by atoms with E-state index in [4.69, 9.17) is 9.47 Å². The highest BCUT2D eigenvalue weighted by molar-refractivity contribution is 6.02. The molecular formula is C27H29FN6O4. The highest BCUT2D eigenvalue weighted by Gasteiger charge is 2.41. The summed E-state index contributed by atoms with van der Waals surface area (Å²) in [7, 11) is 1.69. The molecule has 38 heavy (non-hydrogen) atoms. The van der Waals surface area contributed by atoms with Gasteiger partial charge in [-0.05, 0) is 48.7 Å². The van der Waals surface area contributed by atoms with Crippen LogP contribution in [0.15, 0.2) is 48.8 Å². The van der Waals surface area contributed by atoms with Gasteiger partial charge in [0.15, 0.2) is 0 Å². The number of hydrogen-bond acceptors (Lipinski definition) is 7. The van der Waals surface area contributed by atoms with Gasteiger partial charge in [-0.2, -0.15) is 0 Å². The molecule has 198 valence electrons. The maximum Gasteiger partial charge on any atom is 0.291 e. The molecule has 6 rings (SSSR count). The zero-order valence-electron chi connectivity index (χ0n) is 21.1. The summed E-state index contributed by atoms with van der Waals surface area (Å²) in [6.45, 7) is 3.92. The number of ether oxygens (including phenoxy) is 2. The molecule has 2 aromatic carbocycles. The Kier molecular flexibility index (Phi) is 6.22. The molecule has 2 amide bonds. The van der Waals surface area contributed by atoms with Crippen LogP contribution in [-0.2, 0) is 16.1 Å². The first-order chi connectivity index (χ1) is 18.4. The summed E-state index contributed by atoms with van der Waals surface area (Å²) in [6, 6.07) is 11.0. The van der Waals surface area contributed by atoms with Crippen molar-refractivity contribution in [3.63, 3.8) is 0 Å². The highest BCUT2D eigenvalue weighted by atomic mass is 19.1. The van der Waals surface area contributed by atoms with Gasteiger partial charge in [0, 0.05) is 31.2 Å². The number of anilines is 2. The number of fused-ring (bicyclic) bond motifs is 1. The number of halogens is 1. The molecule has 0 radical (unpaired) electrons. The summed E-state index contributed by atoms with van der Waals surface area (Å²) in [5.74, 6) is -0.665. The zero-order chi connectivity index (χ0) is 26.3. The van der Waals surface area contributed by atoms with Crippen LogP contribution < -0.4 is 19.9 Å². The summed E-state index contributed by atoms with van der Waals surface area (Å²) in [5, 5.41) is 6.91. The van der Waals surface area contributed by atoms with E-state index in [1.165, 1.54) is 28.0 Å². The molecule has 3 aliphatic rings. The van der Waals surface area contributed by atoms with Gasteiger partial charge >= 0.3 is 0 Å². The first-order valence-electron chi connectivity index (χ1n) is 12.7. The number of likely N-dealkylation sites (N-methyl/N-ethyl adjacent to an activating group) is 1. The molecule has 10 nitrogen and oxygen atoms in total. The first kappa shape index (κ1) is 24.4.